The van der Waals surface area contributed by atoms with Crippen molar-refractivity contribution in [1.82, 2.24) is 10.3 Å². The summed E-state index contributed by atoms with van der Waals surface area (Å²) in [5.41, 5.74) is -0.482. The third-order valence-corrected chi connectivity index (χ3v) is 2.78. The zero-order valence-corrected chi connectivity index (χ0v) is 8.72. The van der Waals surface area contributed by atoms with E-state index in [1.54, 1.807) is 0 Å². The number of rotatable bonds is 1. The molecule has 2 heterocycles. The fourth-order valence-corrected chi connectivity index (χ4v) is 2.02. The van der Waals surface area contributed by atoms with Gasteiger partial charge in [0.05, 0.1) is 17.3 Å². The molecule has 1 atom stereocenters. The van der Waals surface area contributed by atoms with E-state index in [-0.39, 0.29) is 11.7 Å². The first kappa shape index (κ1) is 11.4. The lowest BCUT2D eigenvalue weighted by Gasteiger charge is -2.25. The Morgan fingerprint density at radius 1 is 1.31 bits per heavy atom. The van der Waals surface area contributed by atoms with E-state index in [0.717, 1.165) is 31.9 Å². The van der Waals surface area contributed by atoms with Crippen LogP contribution >= 0.6 is 0 Å². The van der Waals surface area contributed by atoms with Gasteiger partial charge in [-0.25, -0.2) is 0 Å². The van der Waals surface area contributed by atoms with Crippen LogP contribution in [0, 0.1) is 0 Å². The van der Waals surface area contributed by atoms with Crippen LogP contribution in [0.25, 0.3) is 0 Å². The van der Waals surface area contributed by atoms with Gasteiger partial charge in [-0.15, -0.1) is 0 Å². The molecular weight excluding hydrogens is 217 g/mol. The first-order chi connectivity index (χ1) is 7.59. The Morgan fingerprint density at radius 3 is 2.75 bits per heavy atom. The van der Waals surface area contributed by atoms with Crippen LogP contribution in [0.3, 0.4) is 0 Å². The van der Waals surface area contributed by atoms with Crippen molar-refractivity contribution in [3.8, 4) is 0 Å². The Balaban J connectivity index is 2.32. The third kappa shape index (κ3) is 2.35. The van der Waals surface area contributed by atoms with Gasteiger partial charge in [0, 0.05) is 6.20 Å². The number of aromatic nitrogens is 1. The van der Waals surface area contributed by atoms with Gasteiger partial charge < -0.3 is 5.32 Å². The third-order valence-electron chi connectivity index (χ3n) is 2.78. The van der Waals surface area contributed by atoms with Crippen LogP contribution in [-0.2, 0) is 6.18 Å². The SMILES string of the molecule is FC(F)(F)c1cccnc1[C@H]1CCCCN1. The molecule has 2 rings (SSSR count). The molecule has 16 heavy (non-hydrogen) atoms. The molecule has 1 aliphatic heterocycles. The van der Waals surface area contributed by atoms with Crippen molar-refractivity contribution in [3.05, 3.63) is 29.6 Å². The zero-order valence-electron chi connectivity index (χ0n) is 8.72. The summed E-state index contributed by atoms with van der Waals surface area (Å²) in [6.45, 7) is 0.762. The molecular formula is C11H13F3N2. The van der Waals surface area contributed by atoms with Gasteiger partial charge in [-0.1, -0.05) is 6.42 Å². The number of pyridine rings is 1. The van der Waals surface area contributed by atoms with E-state index in [0.29, 0.717) is 0 Å². The topological polar surface area (TPSA) is 24.9 Å². The summed E-state index contributed by atoms with van der Waals surface area (Å²) in [6, 6.07) is 2.17. The highest BCUT2D eigenvalue weighted by Gasteiger charge is 2.36. The van der Waals surface area contributed by atoms with Crippen molar-refractivity contribution in [3.63, 3.8) is 0 Å². The average molecular weight is 230 g/mol. The lowest BCUT2D eigenvalue weighted by molar-refractivity contribution is -0.138. The molecule has 88 valence electrons. The summed E-state index contributed by atoms with van der Waals surface area (Å²) in [7, 11) is 0. The van der Waals surface area contributed by atoms with Gasteiger partial charge in [-0.3, -0.25) is 4.98 Å². The van der Waals surface area contributed by atoms with Gasteiger partial charge in [0.2, 0.25) is 0 Å². The number of piperidine rings is 1. The van der Waals surface area contributed by atoms with Gasteiger partial charge in [-0.05, 0) is 31.5 Å². The molecule has 1 saturated heterocycles. The second-order valence-corrected chi connectivity index (χ2v) is 3.94. The normalized spacial score (nSPS) is 22.1. The summed E-state index contributed by atoms with van der Waals surface area (Å²) < 4.78 is 38.2. The summed E-state index contributed by atoms with van der Waals surface area (Å²) in [6.07, 6.45) is -0.208. The average Bonchev–Trinajstić information content (AvgIpc) is 2.29. The Bertz CT molecular complexity index is 356. The fourth-order valence-electron chi connectivity index (χ4n) is 2.02. The number of nitrogens with zero attached hydrogens (tertiary/aromatic N) is 1. The van der Waals surface area contributed by atoms with Crippen LogP contribution in [0.1, 0.15) is 36.6 Å². The van der Waals surface area contributed by atoms with Gasteiger partial charge in [0.1, 0.15) is 0 Å². The minimum absolute atomic E-state index is 0.134. The number of halogens is 3. The summed E-state index contributed by atoms with van der Waals surface area (Å²) in [5.74, 6) is 0. The first-order valence-corrected chi connectivity index (χ1v) is 5.34. The van der Waals surface area contributed by atoms with Crippen LogP contribution < -0.4 is 5.32 Å². The fraction of sp³-hybridized carbons (Fsp3) is 0.545. The molecule has 0 radical (unpaired) electrons. The molecule has 2 nitrogen and oxygen atoms in total. The van der Waals surface area contributed by atoms with Crippen LogP contribution in [0.2, 0.25) is 0 Å². The molecule has 1 aromatic heterocycles. The van der Waals surface area contributed by atoms with Gasteiger partial charge in [0.15, 0.2) is 0 Å². The number of nitrogens with one attached hydrogen (secondary N) is 1. The monoisotopic (exact) mass is 230 g/mol. The maximum Gasteiger partial charge on any atom is 0.418 e. The molecule has 0 unspecified atom stereocenters. The van der Waals surface area contributed by atoms with E-state index in [1.165, 1.54) is 12.3 Å². The molecule has 0 bridgehead atoms. The van der Waals surface area contributed by atoms with Crippen LogP contribution in [0.4, 0.5) is 13.2 Å². The van der Waals surface area contributed by atoms with Crippen molar-refractivity contribution >= 4 is 0 Å². The molecule has 0 aromatic carbocycles. The minimum Gasteiger partial charge on any atom is -0.309 e. The van der Waals surface area contributed by atoms with Crippen molar-refractivity contribution in [2.24, 2.45) is 0 Å². The lowest BCUT2D eigenvalue weighted by Crippen LogP contribution is -2.29. The van der Waals surface area contributed by atoms with Crippen molar-refractivity contribution in [2.45, 2.75) is 31.5 Å². The Kier molecular flexibility index (Phi) is 3.14. The van der Waals surface area contributed by atoms with Crippen molar-refractivity contribution < 1.29 is 13.2 Å². The van der Waals surface area contributed by atoms with E-state index < -0.39 is 11.7 Å². The highest BCUT2D eigenvalue weighted by atomic mass is 19.4. The number of hydrogen-bond donors (Lipinski definition) is 1. The van der Waals surface area contributed by atoms with E-state index in [4.69, 9.17) is 0 Å². The van der Waals surface area contributed by atoms with E-state index >= 15 is 0 Å². The standard InChI is InChI=1S/C11H13F3N2/c12-11(13,14)8-4-3-7-16-10(8)9-5-1-2-6-15-9/h3-4,7,9,15H,1-2,5-6H2/t9-/m1/s1. The highest BCUT2D eigenvalue weighted by molar-refractivity contribution is 5.26. The van der Waals surface area contributed by atoms with E-state index in [1.807, 2.05) is 0 Å². The predicted molar refractivity (Wildman–Crippen MR) is 53.8 cm³/mol. The molecule has 1 aromatic rings. The Hall–Kier alpha value is -1.10. The first-order valence-electron chi connectivity index (χ1n) is 5.34. The second-order valence-electron chi connectivity index (χ2n) is 3.94. The molecule has 0 amide bonds. The predicted octanol–water partition coefficient (Wildman–Crippen LogP) is 2.92. The van der Waals surface area contributed by atoms with E-state index in [2.05, 4.69) is 10.3 Å². The summed E-state index contributed by atoms with van der Waals surface area (Å²) in [4.78, 5) is 3.89. The molecule has 1 fully saturated rings. The molecule has 0 aliphatic carbocycles. The van der Waals surface area contributed by atoms with Crippen molar-refractivity contribution in [2.75, 3.05) is 6.54 Å². The molecule has 1 N–H and O–H groups in total. The smallest absolute Gasteiger partial charge is 0.309 e. The molecule has 0 spiro atoms. The summed E-state index contributed by atoms with van der Waals surface area (Å²) >= 11 is 0. The van der Waals surface area contributed by atoms with Crippen molar-refractivity contribution in [1.29, 1.82) is 0 Å². The van der Waals surface area contributed by atoms with Crippen LogP contribution in [0.15, 0.2) is 18.3 Å². The van der Waals surface area contributed by atoms with Gasteiger partial charge in [-0.2, -0.15) is 13.2 Å². The summed E-state index contributed by atoms with van der Waals surface area (Å²) in [5, 5.41) is 3.09. The van der Waals surface area contributed by atoms with Crippen LogP contribution in [0.5, 0.6) is 0 Å². The number of hydrogen-bond acceptors (Lipinski definition) is 2. The van der Waals surface area contributed by atoms with Gasteiger partial charge in [0.25, 0.3) is 0 Å². The molecule has 1 aliphatic rings. The van der Waals surface area contributed by atoms with E-state index in [9.17, 15) is 13.2 Å². The molecule has 0 saturated carbocycles. The van der Waals surface area contributed by atoms with Gasteiger partial charge >= 0.3 is 6.18 Å². The maximum absolute atomic E-state index is 12.7. The Labute approximate surface area is 91.9 Å². The minimum atomic E-state index is -4.32. The quantitative estimate of drug-likeness (QED) is 0.802. The number of alkyl halides is 3. The highest BCUT2D eigenvalue weighted by Crippen LogP contribution is 2.35. The Morgan fingerprint density at radius 2 is 2.12 bits per heavy atom. The lowest BCUT2D eigenvalue weighted by atomic mass is 9.98. The second kappa shape index (κ2) is 4.41. The molecule has 5 heteroatoms. The zero-order chi connectivity index (χ0) is 11.6. The largest absolute Gasteiger partial charge is 0.418 e. The maximum atomic E-state index is 12.7. The van der Waals surface area contributed by atoms with Crippen LogP contribution in [-0.4, -0.2) is 11.5 Å².